The Labute approximate surface area is 115 Å². The highest BCUT2D eigenvalue weighted by Gasteiger charge is 2.42. The minimum absolute atomic E-state index is 0.00504. The van der Waals surface area contributed by atoms with Gasteiger partial charge >= 0.3 is 5.97 Å². The van der Waals surface area contributed by atoms with Gasteiger partial charge in [-0.2, -0.15) is 0 Å². The molecule has 20 heavy (non-hydrogen) atoms. The first-order valence-electron chi connectivity index (χ1n) is 6.15. The van der Waals surface area contributed by atoms with Gasteiger partial charge in [-0.25, -0.2) is 4.39 Å². The van der Waals surface area contributed by atoms with Crippen LogP contribution in [0.5, 0.6) is 0 Å². The highest BCUT2D eigenvalue weighted by atomic mass is 19.1. The van der Waals surface area contributed by atoms with Crippen LogP contribution in [0.1, 0.15) is 12.0 Å². The Hall–Kier alpha value is -2.21. The zero-order valence-corrected chi connectivity index (χ0v) is 10.8. The maximum Gasteiger partial charge on any atom is 0.325 e. The number of rotatable bonds is 3. The molecular weight excluding hydrogens is 263 g/mol. The number of carbonyl (C=O) groups is 2. The fourth-order valence-electron chi connectivity index (χ4n) is 2.04. The number of nitrogens with two attached hydrogens (primary N) is 1. The van der Waals surface area contributed by atoms with Gasteiger partial charge in [0.2, 0.25) is 5.91 Å². The third kappa shape index (κ3) is 3.03. The first kappa shape index (κ1) is 14.2. The molecule has 1 amide bonds. The van der Waals surface area contributed by atoms with Gasteiger partial charge in [-0.15, -0.1) is 0 Å². The Morgan fingerprint density at radius 3 is 2.55 bits per heavy atom. The van der Waals surface area contributed by atoms with E-state index in [0.717, 1.165) is 0 Å². The number of hydrogen-bond donors (Lipinski definition) is 2. The molecule has 0 spiro atoms. The van der Waals surface area contributed by atoms with Crippen LogP contribution in [0.4, 0.5) is 4.39 Å². The van der Waals surface area contributed by atoms with Crippen molar-refractivity contribution in [2.24, 2.45) is 5.73 Å². The average Bonchev–Trinajstić information content (AvgIpc) is 2.82. The fraction of sp³-hybridized carbons (Fsp3) is 0.286. The zero-order chi connectivity index (χ0) is 14.8. The van der Waals surface area contributed by atoms with Crippen LogP contribution in [-0.2, 0) is 9.59 Å². The van der Waals surface area contributed by atoms with Crippen LogP contribution in [0, 0.1) is 5.82 Å². The third-order valence-corrected chi connectivity index (χ3v) is 3.33. The first-order chi connectivity index (χ1) is 9.40. The van der Waals surface area contributed by atoms with E-state index in [0.29, 0.717) is 12.1 Å². The Morgan fingerprint density at radius 2 is 2.00 bits per heavy atom. The standard InChI is InChI=1S/C14H15FN2O3/c15-11-4-1-10(2-5-11)3-6-12(18)17-8-7-14(16,9-17)13(19)20/h1-6H,7-9,16H2,(H,19,20)/b6-3+. The normalized spacial score (nSPS) is 22.4. The van der Waals surface area contributed by atoms with Gasteiger partial charge in [0.05, 0.1) is 0 Å². The Morgan fingerprint density at radius 1 is 1.35 bits per heavy atom. The van der Waals surface area contributed by atoms with E-state index >= 15 is 0 Å². The minimum atomic E-state index is -1.36. The monoisotopic (exact) mass is 278 g/mol. The summed E-state index contributed by atoms with van der Waals surface area (Å²) < 4.78 is 12.7. The summed E-state index contributed by atoms with van der Waals surface area (Å²) in [5.74, 6) is -1.75. The topological polar surface area (TPSA) is 83.6 Å². The van der Waals surface area contributed by atoms with Crippen molar-refractivity contribution in [3.05, 3.63) is 41.7 Å². The highest BCUT2D eigenvalue weighted by Crippen LogP contribution is 2.19. The van der Waals surface area contributed by atoms with E-state index in [1.54, 1.807) is 18.2 Å². The molecule has 0 bridgehead atoms. The lowest BCUT2D eigenvalue weighted by Gasteiger charge is -2.18. The molecule has 0 aliphatic carbocycles. The summed E-state index contributed by atoms with van der Waals surface area (Å²) in [5, 5.41) is 8.99. The van der Waals surface area contributed by atoms with Gasteiger partial charge in [0.15, 0.2) is 0 Å². The lowest BCUT2D eigenvalue weighted by Crippen LogP contribution is -2.50. The lowest BCUT2D eigenvalue weighted by atomic mass is 10.0. The van der Waals surface area contributed by atoms with E-state index in [4.69, 9.17) is 10.8 Å². The van der Waals surface area contributed by atoms with Crippen LogP contribution in [0.3, 0.4) is 0 Å². The molecule has 1 unspecified atom stereocenters. The van der Waals surface area contributed by atoms with Crippen molar-refractivity contribution in [2.75, 3.05) is 13.1 Å². The average molecular weight is 278 g/mol. The summed E-state index contributed by atoms with van der Waals surface area (Å²) in [6.45, 7) is 0.310. The molecule has 0 radical (unpaired) electrons. The van der Waals surface area contributed by atoms with Crippen molar-refractivity contribution in [1.29, 1.82) is 0 Å². The smallest absolute Gasteiger partial charge is 0.325 e. The molecule has 1 aromatic rings. The second-order valence-corrected chi connectivity index (χ2v) is 4.86. The first-order valence-corrected chi connectivity index (χ1v) is 6.15. The van der Waals surface area contributed by atoms with Gasteiger partial charge < -0.3 is 15.7 Å². The van der Waals surface area contributed by atoms with E-state index in [9.17, 15) is 14.0 Å². The molecule has 1 atom stereocenters. The largest absolute Gasteiger partial charge is 0.480 e. The molecule has 1 saturated heterocycles. The van der Waals surface area contributed by atoms with Crippen molar-refractivity contribution in [3.63, 3.8) is 0 Å². The van der Waals surface area contributed by atoms with E-state index in [1.165, 1.54) is 23.1 Å². The van der Waals surface area contributed by atoms with E-state index in [1.807, 2.05) is 0 Å². The molecule has 1 aromatic carbocycles. The molecule has 0 saturated carbocycles. The summed E-state index contributed by atoms with van der Waals surface area (Å²) in [5.41, 5.74) is 5.02. The number of halogens is 1. The number of aliphatic carboxylic acids is 1. The second-order valence-electron chi connectivity index (χ2n) is 4.86. The molecule has 1 aliphatic heterocycles. The molecule has 106 valence electrons. The molecule has 1 fully saturated rings. The molecule has 6 heteroatoms. The number of carbonyl (C=O) groups excluding carboxylic acids is 1. The van der Waals surface area contributed by atoms with Crippen LogP contribution in [0.15, 0.2) is 30.3 Å². The number of carboxylic acid groups (broad SMARTS) is 1. The molecule has 2 rings (SSSR count). The molecule has 3 N–H and O–H groups in total. The predicted molar refractivity (Wildman–Crippen MR) is 71.2 cm³/mol. The number of carboxylic acids is 1. The summed E-state index contributed by atoms with van der Waals surface area (Å²) in [6, 6.07) is 5.70. The summed E-state index contributed by atoms with van der Waals surface area (Å²) >= 11 is 0. The number of nitrogens with zero attached hydrogens (tertiary/aromatic N) is 1. The number of amides is 1. The highest BCUT2D eigenvalue weighted by molar-refractivity contribution is 5.93. The quantitative estimate of drug-likeness (QED) is 0.803. The second kappa shape index (κ2) is 5.42. The van der Waals surface area contributed by atoms with Crippen molar-refractivity contribution in [3.8, 4) is 0 Å². The number of hydrogen-bond acceptors (Lipinski definition) is 3. The minimum Gasteiger partial charge on any atom is -0.480 e. The van der Waals surface area contributed by atoms with Gasteiger partial charge in [0.25, 0.3) is 0 Å². The van der Waals surface area contributed by atoms with Crippen molar-refractivity contribution in [2.45, 2.75) is 12.0 Å². The van der Waals surface area contributed by atoms with E-state index < -0.39 is 11.5 Å². The Bertz CT molecular complexity index is 556. The van der Waals surface area contributed by atoms with Crippen LogP contribution < -0.4 is 5.73 Å². The number of likely N-dealkylation sites (tertiary alicyclic amines) is 1. The van der Waals surface area contributed by atoms with Crippen molar-refractivity contribution >= 4 is 18.0 Å². The van der Waals surface area contributed by atoms with Gasteiger partial charge in [-0.3, -0.25) is 9.59 Å². The predicted octanol–water partition coefficient (Wildman–Crippen LogP) is 0.853. The summed E-state index contributed by atoms with van der Waals surface area (Å²) in [4.78, 5) is 24.3. The van der Waals surface area contributed by atoms with Crippen LogP contribution in [-0.4, -0.2) is 40.5 Å². The summed E-state index contributed by atoms with van der Waals surface area (Å²) in [7, 11) is 0. The zero-order valence-electron chi connectivity index (χ0n) is 10.8. The Kier molecular flexibility index (Phi) is 3.85. The fourth-order valence-corrected chi connectivity index (χ4v) is 2.04. The molecular formula is C14H15FN2O3. The van der Waals surface area contributed by atoms with E-state index in [-0.39, 0.29) is 24.7 Å². The van der Waals surface area contributed by atoms with Gasteiger partial charge in [-0.05, 0) is 30.2 Å². The van der Waals surface area contributed by atoms with Gasteiger partial charge in [0, 0.05) is 19.2 Å². The van der Waals surface area contributed by atoms with Crippen LogP contribution in [0.25, 0.3) is 6.08 Å². The molecule has 1 aliphatic rings. The maximum atomic E-state index is 12.7. The molecule has 0 aromatic heterocycles. The molecule has 1 heterocycles. The maximum absolute atomic E-state index is 12.7. The number of benzene rings is 1. The van der Waals surface area contributed by atoms with Crippen molar-refractivity contribution in [1.82, 2.24) is 4.90 Å². The van der Waals surface area contributed by atoms with Crippen molar-refractivity contribution < 1.29 is 19.1 Å². The van der Waals surface area contributed by atoms with Gasteiger partial charge in [-0.1, -0.05) is 12.1 Å². The Balaban J connectivity index is 1.99. The third-order valence-electron chi connectivity index (χ3n) is 3.33. The van der Waals surface area contributed by atoms with E-state index in [2.05, 4.69) is 0 Å². The summed E-state index contributed by atoms with van der Waals surface area (Å²) in [6.07, 6.45) is 3.12. The van der Waals surface area contributed by atoms with Crippen LogP contribution >= 0.6 is 0 Å². The van der Waals surface area contributed by atoms with Gasteiger partial charge in [0.1, 0.15) is 11.4 Å². The lowest BCUT2D eigenvalue weighted by molar-refractivity contribution is -0.142. The van der Waals surface area contributed by atoms with Crippen LogP contribution in [0.2, 0.25) is 0 Å². The SMILES string of the molecule is NC1(C(=O)O)CCN(C(=O)/C=C/c2ccc(F)cc2)C1. The molecule has 5 nitrogen and oxygen atoms in total.